The fourth-order valence-corrected chi connectivity index (χ4v) is 2.36. The summed E-state index contributed by atoms with van der Waals surface area (Å²) < 4.78 is 28.6. The number of halogens is 2. The lowest BCUT2D eigenvalue weighted by molar-refractivity contribution is 0.394. The second-order valence-electron chi connectivity index (χ2n) is 5.07. The van der Waals surface area contributed by atoms with E-state index in [1.54, 1.807) is 50.6 Å². The number of benzene rings is 2. The largest absolute Gasteiger partial charge is 0.497 e. The van der Waals surface area contributed by atoms with E-state index in [2.05, 4.69) is 10.1 Å². The Morgan fingerprint density at radius 3 is 2.32 bits per heavy atom. The molecular formula is C18H14ClFN2O3. The lowest BCUT2D eigenvalue weighted by Gasteiger charge is -2.05. The lowest BCUT2D eigenvalue weighted by Crippen LogP contribution is -1.88. The van der Waals surface area contributed by atoms with Crippen LogP contribution in [0.5, 0.6) is 11.5 Å². The molecule has 0 N–H and O–H groups in total. The molecule has 0 aliphatic rings. The number of nitrogens with zero attached hydrogens (tertiary/aromatic N) is 2. The van der Waals surface area contributed by atoms with E-state index >= 15 is 0 Å². The summed E-state index contributed by atoms with van der Waals surface area (Å²) in [4.78, 5) is 4.23. The first-order valence-electron chi connectivity index (χ1n) is 7.29. The molecule has 1 aromatic heterocycles. The van der Waals surface area contributed by atoms with Crippen molar-refractivity contribution >= 4 is 22.7 Å². The molecule has 0 spiro atoms. The number of rotatable bonds is 5. The van der Waals surface area contributed by atoms with Gasteiger partial charge >= 0.3 is 0 Å². The Balaban J connectivity index is 1.89. The maximum Gasteiger partial charge on any atom is 0.269 e. The number of methoxy groups -OCH3 is 2. The summed E-state index contributed by atoms with van der Waals surface area (Å²) in [6, 6.07) is 11.1. The van der Waals surface area contributed by atoms with Crippen LogP contribution in [0.15, 0.2) is 47.0 Å². The monoisotopic (exact) mass is 360 g/mol. The van der Waals surface area contributed by atoms with Crippen LogP contribution in [0.4, 0.5) is 4.39 Å². The SMILES string of the molecule is COc1cc(/C=C(\Cl)c2nc(-c3ccc(F)cc3)no2)cc(OC)c1. The van der Waals surface area contributed by atoms with Gasteiger partial charge in [0.1, 0.15) is 22.3 Å². The molecule has 0 atom stereocenters. The van der Waals surface area contributed by atoms with Crippen LogP contribution in [0.25, 0.3) is 22.5 Å². The highest BCUT2D eigenvalue weighted by molar-refractivity contribution is 6.50. The maximum atomic E-state index is 13.0. The Morgan fingerprint density at radius 2 is 1.72 bits per heavy atom. The first kappa shape index (κ1) is 17.0. The Bertz CT molecular complexity index is 885. The molecule has 25 heavy (non-hydrogen) atoms. The third-order valence-electron chi connectivity index (χ3n) is 3.40. The molecule has 7 heteroatoms. The van der Waals surface area contributed by atoms with Crippen molar-refractivity contribution < 1.29 is 18.4 Å². The minimum atomic E-state index is -0.336. The van der Waals surface area contributed by atoms with Gasteiger partial charge in [-0.15, -0.1) is 0 Å². The second-order valence-corrected chi connectivity index (χ2v) is 5.48. The van der Waals surface area contributed by atoms with Crippen molar-refractivity contribution in [2.75, 3.05) is 14.2 Å². The summed E-state index contributed by atoms with van der Waals surface area (Å²) in [6.07, 6.45) is 1.66. The van der Waals surface area contributed by atoms with Crippen molar-refractivity contribution in [2.24, 2.45) is 0 Å². The van der Waals surface area contributed by atoms with Gasteiger partial charge in [0, 0.05) is 11.6 Å². The van der Waals surface area contributed by atoms with Crippen molar-refractivity contribution in [2.45, 2.75) is 0 Å². The molecule has 0 saturated carbocycles. The van der Waals surface area contributed by atoms with Crippen LogP contribution in [0, 0.1) is 5.82 Å². The Kier molecular flexibility index (Phi) is 5.00. The summed E-state index contributed by atoms with van der Waals surface area (Å²) in [7, 11) is 3.13. The van der Waals surface area contributed by atoms with E-state index in [-0.39, 0.29) is 16.7 Å². The van der Waals surface area contributed by atoms with Crippen LogP contribution < -0.4 is 9.47 Å². The van der Waals surface area contributed by atoms with Gasteiger partial charge in [-0.05, 0) is 48.0 Å². The average molecular weight is 361 g/mol. The van der Waals surface area contributed by atoms with Gasteiger partial charge in [-0.3, -0.25) is 0 Å². The number of ether oxygens (including phenoxy) is 2. The number of hydrogen-bond donors (Lipinski definition) is 0. The summed E-state index contributed by atoms with van der Waals surface area (Å²) in [6.45, 7) is 0. The fourth-order valence-electron chi connectivity index (χ4n) is 2.16. The van der Waals surface area contributed by atoms with E-state index in [4.69, 9.17) is 25.6 Å². The summed E-state index contributed by atoms with van der Waals surface area (Å²) in [5.41, 5.74) is 1.38. The summed E-state index contributed by atoms with van der Waals surface area (Å²) >= 11 is 6.28. The van der Waals surface area contributed by atoms with Gasteiger partial charge in [-0.1, -0.05) is 16.8 Å². The van der Waals surface area contributed by atoms with Gasteiger partial charge in [0.25, 0.3) is 5.89 Å². The molecule has 0 amide bonds. The third-order valence-corrected chi connectivity index (χ3v) is 3.67. The summed E-state index contributed by atoms with van der Waals surface area (Å²) in [5.74, 6) is 1.41. The predicted molar refractivity (Wildman–Crippen MR) is 93.0 cm³/mol. The zero-order valence-electron chi connectivity index (χ0n) is 13.5. The molecule has 5 nitrogen and oxygen atoms in total. The molecule has 0 radical (unpaired) electrons. The van der Waals surface area contributed by atoms with Gasteiger partial charge in [-0.25, -0.2) is 4.39 Å². The molecule has 0 unspecified atom stereocenters. The van der Waals surface area contributed by atoms with Crippen LogP contribution in [0.1, 0.15) is 11.5 Å². The quantitative estimate of drug-likeness (QED) is 0.664. The van der Waals surface area contributed by atoms with Gasteiger partial charge in [0.15, 0.2) is 0 Å². The van der Waals surface area contributed by atoms with Gasteiger partial charge in [0.2, 0.25) is 5.82 Å². The van der Waals surface area contributed by atoms with E-state index in [1.165, 1.54) is 12.1 Å². The standard InChI is InChI=1S/C18H14ClFN2O3/c1-23-14-7-11(8-15(10-14)24-2)9-16(19)18-21-17(22-25-18)12-3-5-13(20)6-4-12/h3-10H,1-2H3/b16-9-. The van der Waals surface area contributed by atoms with Gasteiger partial charge in [-0.2, -0.15) is 4.98 Å². The molecule has 128 valence electrons. The maximum absolute atomic E-state index is 13.0. The molecule has 2 aromatic carbocycles. The molecule has 0 fully saturated rings. The van der Waals surface area contributed by atoms with E-state index in [9.17, 15) is 4.39 Å². The second kappa shape index (κ2) is 7.36. The Labute approximate surface area is 148 Å². The molecule has 3 aromatic rings. The lowest BCUT2D eigenvalue weighted by atomic mass is 10.2. The Morgan fingerprint density at radius 1 is 1.08 bits per heavy atom. The summed E-state index contributed by atoms with van der Waals surface area (Å²) in [5, 5.41) is 4.12. The zero-order valence-corrected chi connectivity index (χ0v) is 14.2. The van der Waals surface area contributed by atoms with Gasteiger partial charge < -0.3 is 14.0 Å². The predicted octanol–water partition coefficient (Wildman–Crippen LogP) is 4.63. The first-order chi connectivity index (χ1) is 12.1. The molecule has 3 rings (SSSR count). The molecule has 0 bridgehead atoms. The van der Waals surface area contributed by atoms with Crippen molar-refractivity contribution in [3.05, 3.63) is 59.7 Å². The minimum absolute atomic E-state index is 0.155. The van der Waals surface area contributed by atoms with Crippen LogP contribution in [0.3, 0.4) is 0 Å². The highest BCUT2D eigenvalue weighted by Gasteiger charge is 2.12. The van der Waals surface area contributed by atoms with Crippen LogP contribution >= 0.6 is 11.6 Å². The van der Waals surface area contributed by atoms with E-state index in [0.29, 0.717) is 22.9 Å². The van der Waals surface area contributed by atoms with Crippen molar-refractivity contribution in [1.29, 1.82) is 0 Å². The normalized spacial score (nSPS) is 11.4. The van der Waals surface area contributed by atoms with E-state index in [0.717, 1.165) is 5.56 Å². The van der Waals surface area contributed by atoms with E-state index < -0.39 is 0 Å². The highest BCUT2D eigenvalue weighted by Crippen LogP contribution is 2.28. The minimum Gasteiger partial charge on any atom is -0.497 e. The average Bonchev–Trinajstić information content (AvgIpc) is 3.12. The smallest absolute Gasteiger partial charge is 0.269 e. The highest BCUT2D eigenvalue weighted by atomic mass is 35.5. The molecule has 0 aliphatic heterocycles. The third kappa shape index (κ3) is 3.97. The molecule has 1 heterocycles. The van der Waals surface area contributed by atoms with Crippen LogP contribution in [-0.2, 0) is 0 Å². The van der Waals surface area contributed by atoms with Gasteiger partial charge in [0.05, 0.1) is 14.2 Å². The van der Waals surface area contributed by atoms with Crippen LogP contribution in [0.2, 0.25) is 0 Å². The van der Waals surface area contributed by atoms with Crippen molar-refractivity contribution in [1.82, 2.24) is 10.1 Å². The first-order valence-corrected chi connectivity index (χ1v) is 7.67. The molecule has 0 aliphatic carbocycles. The van der Waals surface area contributed by atoms with Crippen molar-refractivity contribution in [3.8, 4) is 22.9 Å². The molecular weight excluding hydrogens is 347 g/mol. The number of aromatic nitrogens is 2. The molecule has 0 saturated heterocycles. The van der Waals surface area contributed by atoms with E-state index in [1.807, 2.05) is 0 Å². The van der Waals surface area contributed by atoms with Crippen LogP contribution in [-0.4, -0.2) is 24.4 Å². The fraction of sp³-hybridized carbons (Fsp3) is 0.111. The zero-order chi connectivity index (χ0) is 17.8. The van der Waals surface area contributed by atoms with Crippen molar-refractivity contribution in [3.63, 3.8) is 0 Å². The number of hydrogen-bond acceptors (Lipinski definition) is 5. The Hall–Kier alpha value is -2.86. The topological polar surface area (TPSA) is 57.4 Å².